The minimum absolute atomic E-state index is 0.0123. The van der Waals surface area contributed by atoms with Gasteiger partial charge in [0.1, 0.15) is 11.6 Å². The molecule has 2 aliphatic heterocycles. The summed E-state index contributed by atoms with van der Waals surface area (Å²) >= 11 is 5.84. The number of nitrogens with zero attached hydrogens (tertiary/aromatic N) is 4. The number of hydrogen-bond donors (Lipinski definition) is 2. The Morgan fingerprint density at radius 2 is 2.22 bits per heavy atom. The molecule has 2 aromatic rings. The van der Waals surface area contributed by atoms with Gasteiger partial charge in [0.25, 0.3) is 0 Å². The summed E-state index contributed by atoms with van der Waals surface area (Å²) in [6.07, 6.45) is 3.15. The van der Waals surface area contributed by atoms with Crippen molar-refractivity contribution in [2.24, 2.45) is 5.92 Å². The summed E-state index contributed by atoms with van der Waals surface area (Å²) in [4.78, 5) is 26.1. The zero-order chi connectivity index (χ0) is 22.8. The number of likely N-dealkylation sites (N-methyl/N-ethyl adjacent to an activating group) is 1. The number of rotatable bonds is 5. The molecule has 1 aromatic carbocycles. The first-order chi connectivity index (χ1) is 15.3. The number of aliphatic hydroxyl groups is 1. The number of urea groups is 1. The Hall–Kier alpha value is -2.29. The number of amides is 2. The Balaban J connectivity index is 1.44. The predicted octanol–water partition coefficient (Wildman–Crippen LogP) is 2.61. The highest BCUT2D eigenvalue weighted by molar-refractivity contribution is 6.30. The van der Waals surface area contributed by atoms with Crippen molar-refractivity contribution in [1.29, 1.82) is 0 Å². The molecule has 1 saturated heterocycles. The first-order valence-electron chi connectivity index (χ1n) is 11.0. The van der Waals surface area contributed by atoms with Gasteiger partial charge in [-0.3, -0.25) is 0 Å². The smallest absolute Gasteiger partial charge is 0.318 e. The normalized spacial score (nSPS) is 22.0. The first kappa shape index (κ1) is 22.9. The minimum Gasteiger partial charge on any atom is -0.396 e. The number of aromatic nitrogens is 2. The van der Waals surface area contributed by atoms with Gasteiger partial charge >= 0.3 is 6.03 Å². The lowest BCUT2D eigenvalue weighted by molar-refractivity contribution is 0.186. The van der Waals surface area contributed by atoms with E-state index in [1.165, 1.54) is 6.07 Å². The number of nitrogens with one attached hydrogen (secondary N) is 1. The molecule has 9 heteroatoms. The second-order valence-electron chi connectivity index (χ2n) is 8.98. The summed E-state index contributed by atoms with van der Waals surface area (Å²) in [5.41, 5.74) is 2.76. The quantitative estimate of drug-likeness (QED) is 0.715. The second-order valence-corrected chi connectivity index (χ2v) is 9.39. The van der Waals surface area contributed by atoms with E-state index in [-0.39, 0.29) is 35.5 Å². The molecule has 0 saturated carbocycles. The fourth-order valence-electron chi connectivity index (χ4n) is 4.47. The highest BCUT2D eigenvalue weighted by atomic mass is 35.5. The lowest BCUT2D eigenvalue weighted by Gasteiger charge is -2.30. The van der Waals surface area contributed by atoms with Crippen LogP contribution in [0.4, 0.5) is 9.18 Å². The van der Waals surface area contributed by atoms with Gasteiger partial charge in [-0.1, -0.05) is 24.6 Å². The van der Waals surface area contributed by atoms with Crippen molar-refractivity contribution in [2.75, 3.05) is 33.3 Å². The number of likely N-dealkylation sites (tertiary alicyclic amines) is 1. The fourth-order valence-corrected chi connectivity index (χ4v) is 4.59. The molecule has 0 unspecified atom stereocenters. The van der Waals surface area contributed by atoms with Crippen LogP contribution >= 0.6 is 11.6 Å². The highest BCUT2D eigenvalue weighted by Crippen LogP contribution is 2.29. The van der Waals surface area contributed by atoms with Gasteiger partial charge in [-0.05, 0) is 42.6 Å². The lowest BCUT2D eigenvalue weighted by Crippen LogP contribution is -2.49. The summed E-state index contributed by atoms with van der Waals surface area (Å²) in [7, 11) is 1.99. The molecule has 32 heavy (non-hydrogen) atoms. The molecule has 1 fully saturated rings. The van der Waals surface area contributed by atoms with Gasteiger partial charge in [-0.15, -0.1) is 0 Å². The Labute approximate surface area is 192 Å². The summed E-state index contributed by atoms with van der Waals surface area (Å²) in [5.74, 6) is 0.323. The minimum atomic E-state index is -0.442. The third-order valence-electron chi connectivity index (χ3n) is 6.31. The standard InChI is InChI=1S/C23H29ClFN5O2/c1-14(13-31)7-22-26-9-16-5-6-30(12-20(16)27-22)23(32)28-21-11-29(2)10-17(21)15-3-4-18(24)19(25)8-15/h3-4,8-9,14,17,21,31H,5-7,10-13H2,1-2H3,(H,28,32)/t14-,17+,21-/m1/s1. The Morgan fingerprint density at radius 1 is 1.41 bits per heavy atom. The molecule has 0 bridgehead atoms. The molecular weight excluding hydrogens is 433 g/mol. The molecular formula is C23H29ClFN5O2. The molecule has 2 N–H and O–H groups in total. The zero-order valence-corrected chi connectivity index (χ0v) is 19.1. The molecule has 172 valence electrons. The van der Waals surface area contributed by atoms with Crippen LogP contribution in [0.2, 0.25) is 5.02 Å². The van der Waals surface area contributed by atoms with Crippen molar-refractivity contribution in [3.8, 4) is 0 Å². The van der Waals surface area contributed by atoms with E-state index in [1.807, 2.05) is 26.2 Å². The van der Waals surface area contributed by atoms with Gasteiger partial charge in [0.15, 0.2) is 0 Å². The predicted molar refractivity (Wildman–Crippen MR) is 120 cm³/mol. The third-order valence-corrected chi connectivity index (χ3v) is 6.62. The summed E-state index contributed by atoms with van der Waals surface area (Å²) in [6, 6.07) is 4.60. The van der Waals surface area contributed by atoms with Crippen LogP contribution in [0.3, 0.4) is 0 Å². The number of halogens is 2. The average Bonchev–Trinajstić information content (AvgIpc) is 3.14. The van der Waals surface area contributed by atoms with E-state index in [0.29, 0.717) is 38.3 Å². The average molecular weight is 462 g/mol. The molecule has 3 atom stereocenters. The van der Waals surface area contributed by atoms with E-state index in [1.54, 1.807) is 11.0 Å². The number of aliphatic hydroxyl groups excluding tert-OH is 1. The van der Waals surface area contributed by atoms with Crippen molar-refractivity contribution in [2.45, 2.75) is 38.3 Å². The highest BCUT2D eigenvalue weighted by Gasteiger charge is 2.35. The van der Waals surface area contributed by atoms with Crippen LogP contribution in [0, 0.1) is 11.7 Å². The van der Waals surface area contributed by atoms with Gasteiger partial charge < -0.3 is 20.2 Å². The number of hydrogen-bond acceptors (Lipinski definition) is 5. The van der Waals surface area contributed by atoms with Crippen molar-refractivity contribution < 1.29 is 14.3 Å². The van der Waals surface area contributed by atoms with Gasteiger partial charge in [0, 0.05) is 44.8 Å². The van der Waals surface area contributed by atoms with E-state index in [9.17, 15) is 14.3 Å². The number of benzene rings is 1. The van der Waals surface area contributed by atoms with Crippen LogP contribution in [0.1, 0.15) is 35.5 Å². The van der Waals surface area contributed by atoms with E-state index in [4.69, 9.17) is 11.6 Å². The van der Waals surface area contributed by atoms with Crippen molar-refractivity contribution in [3.63, 3.8) is 0 Å². The second kappa shape index (κ2) is 9.68. The number of carbonyl (C=O) groups is 1. The van der Waals surface area contributed by atoms with Gasteiger partial charge in [0.05, 0.1) is 23.3 Å². The monoisotopic (exact) mass is 461 g/mol. The molecule has 2 amide bonds. The van der Waals surface area contributed by atoms with Gasteiger partial charge in [-0.2, -0.15) is 0 Å². The van der Waals surface area contributed by atoms with Crippen LogP contribution in [0.5, 0.6) is 0 Å². The maximum Gasteiger partial charge on any atom is 0.318 e. The summed E-state index contributed by atoms with van der Waals surface area (Å²) < 4.78 is 14.0. The number of carbonyl (C=O) groups excluding carboxylic acids is 1. The van der Waals surface area contributed by atoms with Gasteiger partial charge in [0.2, 0.25) is 0 Å². The molecule has 4 rings (SSSR count). The van der Waals surface area contributed by atoms with Crippen molar-refractivity contribution in [3.05, 3.63) is 57.9 Å². The van der Waals surface area contributed by atoms with Crippen molar-refractivity contribution in [1.82, 2.24) is 25.1 Å². The molecule has 3 heterocycles. The van der Waals surface area contributed by atoms with Crippen LogP contribution in [0.25, 0.3) is 0 Å². The van der Waals surface area contributed by atoms with Crippen LogP contribution in [0.15, 0.2) is 24.4 Å². The maximum atomic E-state index is 14.0. The Bertz CT molecular complexity index is 991. The Kier molecular flexibility index (Phi) is 6.93. The van der Waals surface area contributed by atoms with Crippen LogP contribution < -0.4 is 5.32 Å². The molecule has 1 aromatic heterocycles. The van der Waals surface area contributed by atoms with E-state index < -0.39 is 5.82 Å². The summed E-state index contributed by atoms with van der Waals surface area (Å²) in [6.45, 7) is 4.48. The third kappa shape index (κ3) is 5.03. The maximum absolute atomic E-state index is 14.0. The van der Waals surface area contributed by atoms with Crippen LogP contribution in [-0.2, 0) is 19.4 Å². The van der Waals surface area contributed by atoms with E-state index in [0.717, 1.165) is 23.4 Å². The number of fused-ring (bicyclic) bond motifs is 1. The molecule has 0 aliphatic carbocycles. The zero-order valence-electron chi connectivity index (χ0n) is 18.4. The van der Waals surface area contributed by atoms with Crippen molar-refractivity contribution >= 4 is 17.6 Å². The summed E-state index contributed by atoms with van der Waals surface area (Å²) in [5, 5.41) is 12.6. The van der Waals surface area contributed by atoms with E-state index >= 15 is 0 Å². The van der Waals surface area contributed by atoms with Gasteiger partial charge in [-0.25, -0.2) is 19.2 Å². The fraction of sp³-hybridized carbons (Fsp3) is 0.522. The molecule has 7 nitrogen and oxygen atoms in total. The first-order valence-corrected chi connectivity index (χ1v) is 11.3. The molecule has 0 radical (unpaired) electrons. The molecule has 2 aliphatic rings. The largest absolute Gasteiger partial charge is 0.396 e. The molecule has 0 spiro atoms. The lowest BCUT2D eigenvalue weighted by atomic mass is 9.94. The topological polar surface area (TPSA) is 81.6 Å². The Morgan fingerprint density at radius 3 is 2.97 bits per heavy atom. The SMILES string of the molecule is C[C@@H](CO)Cc1ncc2c(n1)CN(C(=O)N[C@@H]1CN(C)C[C@H]1c1ccc(Cl)c(F)c1)CC2. The van der Waals surface area contributed by atoms with Crippen LogP contribution in [-0.4, -0.2) is 70.2 Å². The van der Waals surface area contributed by atoms with E-state index in [2.05, 4.69) is 20.2 Å².